The van der Waals surface area contributed by atoms with Crippen molar-refractivity contribution < 1.29 is 23.5 Å². The van der Waals surface area contributed by atoms with E-state index in [-0.39, 0.29) is 12.3 Å². The van der Waals surface area contributed by atoms with Gasteiger partial charge in [-0.15, -0.1) is 0 Å². The summed E-state index contributed by atoms with van der Waals surface area (Å²) in [7, 11) is 0. The summed E-state index contributed by atoms with van der Waals surface area (Å²) < 4.78 is 10.5. The van der Waals surface area contributed by atoms with E-state index in [1.165, 1.54) is 19.3 Å². The molecule has 31 heavy (non-hydrogen) atoms. The molecule has 0 fully saturated rings. The Hall–Kier alpha value is -4.13. The molecular weight excluding hydrogens is 396 g/mol. The van der Waals surface area contributed by atoms with E-state index >= 15 is 0 Å². The summed E-state index contributed by atoms with van der Waals surface area (Å²) in [6, 6.07) is 20.1. The lowest BCUT2D eigenvalue weighted by Gasteiger charge is -2.15. The molecule has 0 spiro atoms. The van der Waals surface area contributed by atoms with E-state index in [0.717, 1.165) is 5.56 Å². The molecule has 0 radical (unpaired) electrons. The minimum atomic E-state index is -0.926. The van der Waals surface area contributed by atoms with Gasteiger partial charge in [0.15, 0.2) is 0 Å². The molecule has 2 aromatic carbocycles. The van der Waals surface area contributed by atoms with Gasteiger partial charge < -0.3 is 19.8 Å². The molecule has 7 nitrogen and oxygen atoms in total. The summed E-state index contributed by atoms with van der Waals surface area (Å²) >= 11 is 0. The lowest BCUT2D eigenvalue weighted by Crippen LogP contribution is -2.43. The summed E-state index contributed by atoms with van der Waals surface area (Å²) in [5.74, 6) is -1.33. The number of amides is 2. The predicted octanol–water partition coefficient (Wildman–Crippen LogP) is 3.30. The van der Waals surface area contributed by atoms with Crippen LogP contribution in [0.5, 0.6) is 0 Å². The standard InChI is InChI=1S/C24H22N2O5/c1-17(24(29)31-16-18-9-4-2-5-10-18)25-23(28)21(15-20-13-8-14-30-20)26-22(27)19-11-6-3-7-12-19/h2-15,17H,16H2,1H3,(H,25,28)(H,26,27)/b21-15+/t17-/m1/s1. The maximum Gasteiger partial charge on any atom is 0.328 e. The van der Waals surface area contributed by atoms with Crippen molar-refractivity contribution in [1.29, 1.82) is 0 Å². The van der Waals surface area contributed by atoms with Crippen LogP contribution < -0.4 is 10.6 Å². The average molecular weight is 418 g/mol. The second-order valence-corrected chi connectivity index (χ2v) is 6.68. The van der Waals surface area contributed by atoms with Crippen molar-refractivity contribution in [3.8, 4) is 0 Å². The van der Waals surface area contributed by atoms with Gasteiger partial charge in [-0.25, -0.2) is 4.79 Å². The molecule has 2 N–H and O–H groups in total. The zero-order chi connectivity index (χ0) is 22.1. The summed E-state index contributed by atoms with van der Waals surface area (Å²) in [6.07, 6.45) is 2.84. The van der Waals surface area contributed by atoms with Crippen LogP contribution in [-0.4, -0.2) is 23.8 Å². The lowest BCUT2D eigenvalue weighted by molar-refractivity contribution is -0.148. The zero-order valence-electron chi connectivity index (χ0n) is 16.9. The van der Waals surface area contributed by atoms with Crippen molar-refractivity contribution >= 4 is 23.9 Å². The minimum absolute atomic E-state index is 0.0634. The van der Waals surface area contributed by atoms with Gasteiger partial charge in [-0.2, -0.15) is 0 Å². The molecule has 0 saturated heterocycles. The molecule has 3 rings (SSSR count). The van der Waals surface area contributed by atoms with Gasteiger partial charge in [0.1, 0.15) is 24.1 Å². The molecule has 0 saturated carbocycles. The highest BCUT2D eigenvalue weighted by Crippen LogP contribution is 2.09. The Kier molecular flexibility index (Phi) is 7.37. The molecule has 0 unspecified atom stereocenters. The van der Waals surface area contributed by atoms with Crippen LogP contribution in [0, 0.1) is 0 Å². The van der Waals surface area contributed by atoms with Gasteiger partial charge in [-0.1, -0.05) is 48.5 Å². The molecule has 7 heteroatoms. The summed E-state index contributed by atoms with van der Waals surface area (Å²) in [4.78, 5) is 37.6. The molecular formula is C24H22N2O5. The first-order chi connectivity index (χ1) is 15.0. The van der Waals surface area contributed by atoms with E-state index in [0.29, 0.717) is 11.3 Å². The summed E-state index contributed by atoms with van der Waals surface area (Å²) in [5, 5.41) is 5.12. The Morgan fingerprint density at radius 1 is 0.968 bits per heavy atom. The third-order valence-electron chi connectivity index (χ3n) is 4.28. The molecule has 0 aliphatic rings. The van der Waals surface area contributed by atoms with Crippen LogP contribution in [0.2, 0.25) is 0 Å². The number of hydrogen-bond donors (Lipinski definition) is 2. The lowest BCUT2D eigenvalue weighted by atomic mass is 10.2. The largest absolute Gasteiger partial charge is 0.465 e. The van der Waals surface area contributed by atoms with Crippen molar-refractivity contribution in [3.05, 3.63) is 102 Å². The second kappa shape index (κ2) is 10.6. The fourth-order valence-corrected chi connectivity index (χ4v) is 2.65. The topological polar surface area (TPSA) is 97.6 Å². The van der Waals surface area contributed by atoms with Crippen LogP contribution in [0.4, 0.5) is 0 Å². The third kappa shape index (κ3) is 6.43. The smallest absolute Gasteiger partial charge is 0.328 e. The predicted molar refractivity (Wildman–Crippen MR) is 114 cm³/mol. The van der Waals surface area contributed by atoms with Crippen molar-refractivity contribution in [1.82, 2.24) is 10.6 Å². The number of nitrogens with one attached hydrogen (secondary N) is 2. The highest BCUT2D eigenvalue weighted by Gasteiger charge is 2.21. The fourth-order valence-electron chi connectivity index (χ4n) is 2.65. The van der Waals surface area contributed by atoms with Gasteiger partial charge in [0.25, 0.3) is 11.8 Å². The van der Waals surface area contributed by atoms with Gasteiger partial charge in [0.2, 0.25) is 0 Å². The molecule has 1 atom stereocenters. The maximum atomic E-state index is 12.8. The Morgan fingerprint density at radius 2 is 1.65 bits per heavy atom. The number of rotatable bonds is 8. The van der Waals surface area contributed by atoms with Gasteiger partial charge in [0, 0.05) is 11.6 Å². The number of esters is 1. The van der Waals surface area contributed by atoms with Crippen molar-refractivity contribution in [2.24, 2.45) is 0 Å². The summed E-state index contributed by atoms with van der Waals surface area (Å²) in [5.41, 5.74) is 1.16. The number of benzene rings is 2. The molecule has 3 aromatic rings. The van der Waals surface area contributed by atoms with Crippen LogP contribution in [0.1, 0.15) is 28.6 Å². The maximum absolute atomic E-state index is 12.8. The molecule has 0 aliphatic carbocycles. The van der Waals surface area contributed by atoms with E-state index in [1.54, 1.807) is 42.5 Å². The molecule has 1 heterocycles. The van der Waals surface area contributed by atoms with Gasteiger partial charge in [-0.05, 0) is 36.8 Å². The molecule has 158 valence electrons. The highest BCUT2D eigenvalue weighted by atomic mass is 16.5. The molecule has 0 aliphatic heterocycles. The van der Waals surface area contributed by atoms with Crippen LogP contribution >= 0.6 is 0 Å². The van der Waals surface area contributed by atoms with Crippen LogP contribution in [-0.2, 0) is 20.9 Å². The zero-order valence-corrected chi connectivity index (χ0v) is 16.9. The first-order valence-corrected chi connectivity index (χ1v) is 9.66. The average Bonchev–Trinajstić information content (AvgIpc) is 3.31. The SMILES string of the molecule is C[C@@H](NC(=O)/C(=C\c1ccco1)NC(=O)c1ccccc1)C(=O)OCc1ccccc1. The van der Waals surface area contributed by atoms with Crippen molar-refractivity contribution in [3.63, 3.8) is 0 Å². The van der Waals surface area contributed by atoms with Crippen molar-refractivity contribution in [2.45, 2.75) is 19.6 Å². The number of hydrogen-bond acceptors (Lipinski definition) is 5. The molecule has 1 aromatic heterocycles. The minimum Gasteiger partial charge on any atom is -0.465 e. The third-order valence-corrected chi connectivity index (χ3v) is 4.28. The number of ether oxygens (including phenoxy) is 1. The molecule has 0 bridgehead atoms. The monoisotopic (exact) mass is 418 g/mol. The second-order valence-electron chi connectivity index (χ2n) is 6.68. The van der Waals surface area contributed by atoms with Crippen LogP contribution in [0.25, 0.3) is 6.08 Å². The fraction of sp³-hybridized carbons (Fsp3) is 0.125. The Labute approximate surface area is 179 Å². The Balaban J connectivity index is 1.66. The summed E-state index contributed by atoms with van der Waals surface area (Å²) in [6.45, 7) is 1.61. The van der Waals surface area contributed by atoms with E-state index < -0.39 is 23.8 Å². The number of carbonyl (C=O) groups is 3. The molecule has 2 amide bonds. The highest BCUT2D eigenvalue weighted by molar-refractivity contribution is 6.05. The quantitative estimate of drug-likeness (QED) is 0.432. The Morgan fingerprint density at radius 3 is 2.29 bits per heavy atom. The first kappa shape index (κ1) is 21.6. The van der Waals surface area contributed by atoms with E-state index in [4.69, 9.17) is 9.15 Å². The van der Waals surface area contributed by atoms with Gasteiger partial charge >= 0.3 is 5.97 Å². The van der Waals surface area contributed by atoms with Crippen molar-refractivity contribution in [2.75, 3.05) is 0 Å². The number of furan rings is 1. The van der Waals surface area contributed by atoms with E-state index in [2.05, 4.69) is 10.6 Å². The Bertz CT molecular complexity index is 1040. The van der Waals surface area contributed by atoms with Gasteiger partial charge in [0.05, 0.1) is 6.26 Å². The number of carbonyl (C=O) groups excluding carboxylic acids is 3. The normalized spacial score (nSPS) is 12.0. The first-order valence-electron chi connectivity index (χ1n) is 9.66. The van der Waals surface area contributed by atoms with E-state index in [1.807, 2.05) is 30.3 Å². The van der Waals surface area contributed by atoms with Crippen LogP contribution in [0.15, 0.2) is 89.2 Å². The van der Waals surface area contributed by atoms with Gasteiger partial charge in [-0.3, -0.25) is 9.59 Å². The van der Waals surface area contributed by atoms with Crippen LogP contribution in [0.3, 0.4) is 0 Å². The van der Waals surface area contributed by atoms with E-state index in [9.17, 15) is 14.4 Å².